The first kappa shape index (κ1) is 16.6. The molecular formula is C15H14F3N5S. The van der Waals surface area contributed by atoms with E-state index in [0.29, 0.717) is 24.6 Å². The maximum atomic E-state index is 13.7. The van der Waals surface area contributed by atoms with Crippen molar-refractivity contribution in [1.29, 1.82) is 0 Å². The highest BCUT2D eigenvalue weighted by Gasteiger charge is 2.17. The molecule has 9 heteroatoms. The van der Waals surface area contributed by atoms with Gasteiger partial charge in [0, 0.05) is 12.8 Å². The van der Waals surface area contributed by atoms with Crippen molar-refractivity contribution in [3.8, 4) is 10.7 Å². The number of aryl methyl sites for hydroxylation is 1. The Balaban J connectivity index is 1.85. The van der Waals surface area contributed by atoms with Gasteiger partial charge in [0.25, 0.3) is 0 Å². The summed E-state index contributed by atoms with van der Waals surface area (Å²) in [7, 11) is 0. The Morgan fingerprint density at radius 2 is 1.96 bits per heavy atom. The molecule has 3 N–H and O–H groups in total. The Morgan fingerprint density at radius 1 is 1.17 bits per heavy atom. The minimum Gasteiger partial charge on any atom is -0.330 e. The van der Waals surface area contributed by atoms with Crippen LogP contribution < -0.4 is 5.73 Å². The molecule has 0 saturated heterocycles. The molecule has 0 radical (unpaired) electrons. The molecule has 0 unspecified atom stereocenters. The van der Waals surface area contributed by atoms with Crippen molar-refractivity contribution in [2.24, 2.45) is 5.73 Å². The fourth-order valence-corrected chi connectivity index (χ4v) is 3.26. The van der Waals surface area contributed by atoms with Gasteiger partial charge in [0.2, 0.25) is 0 Å². The molecule has 126 valence electrons. The van der Waals surface area contributed by atoms with E-state index in [2.05, 4.69) is 20.2 Å². The topological polar surface area (TPSA) is 80.5 Å². The van der Waals surface area contributed by atoms with Crippen LogP contribution in [-0.2, 0) is 12.8 Å². The second-order valence-electron chi connectivity index (χ2n) is 5.18. The molecule has 1 aromatic carbocycles. The summed E-state index contributed by atoms with van der Waals surface area (Å²) in [4.78, 5) is 9.49. The Morgan fingerprint density at radius 3 is 2.71 bits per heavy atom. The van der Waals surface area contributed by atoms with Crippen molar-refractivity contribution >= 4 is 11.3 Å². The zero-order chi connectivity index (χ0) is 17.3. The van der Waals surface area contributed by atoms with Gasteiger partial charge in [-0.25, -0.2) is 23.1 Å². The number of hydrogen-bond acceptors (Lipinski definition) is 5. The minimum atomic E-state index is -1.49. The van der Waals surface area contributed by atoms with Crippen molar-refractivity contribution in [2.75, 3.05) is 6.54 Å². The first-order valence-electron chi connectivity index (χ1n) is 7.20. The Labute approximate surface area is 139 Å². The Kier molecular flexibility index (Phi) is 4.63. The molecule has 3 aromatic rings. The Bertz CT molecular complexity index is 874. The lowest BCUT2D eigenvalue weighted by Gasteiger charge is -2.02. The van der Waals surface area contributed by atoms with Gasteiger partial charge in [0.05, 0.1) is 15.6 Å². The van der Waals surface area contributed by atoms with E-state index in [1.807, 2.05) is 6.92 Å². The lowest BCUT2D eigenvalue weighted by molar-refractivity contribution is 0.441. The molecule has 24 heavy (non-hydrogen) atoms. The third kappa shape index (κ3) is 3.17. The van der Waals surface area contributed by atoms with Crippen molar-refractivity contribution in [3.63, 3.8) is 0 Å². The number of H-pyrrole nitrogens is 1. The number of halogens is 3. The lowest BCUT2D eigenvalue weighted by Crippen LogP contribution is -2.01. The van der Waals surface area contributed by atoms with E-state index in [9.17, 15) is 13.2 Å². The van der Waals surface area contributed by atoms with Gasteiger partial charge < -0.3 is 5.73 Å². The van der Waals surface area contributed by atoms with Gasteiger partial charge in [-0.1, -0.05) is 6.07 Å². The standard InChI is InChI=1S/C15H14F3N5S/c1-7-14(24-11(20-7)4-5-19)15-21-10(22-23-15)6-8-2-3-9(16)13(18)12(8)17/h2-3H,4-6,19H2,1H3,(H,21,22,23). The number of aromatic nitrogens is 4. The van der Waals surface area contributed by atoms with Gasteiger partial charge in [0.15, 0.2) is 23.3 Å². The largest absolute Gasteiger partial charge is 0.330 e. The van der Waals surface area contributed by atoms with Gasteiger partial charge in [-0.15, -0.1) is 11.3 Å². The normalized spacial score (nSPS) is 11.2. The highest BCUT2D eigenvalue weighted by molar-refractivity contribution is 7.15. The lowest BCUT2D eigenvalue weighted by atomic mass is 10.1. The number of nitrogens with two attached hydrogens (primary N) is 1. The fourth-order valence-electron chi connectivity index (χ4n) is 2.25. The van der Waals surface area contributed by atoms with E-state index < -0.39 is 17.5 Å². The van der Waals surface area contributed by atoms with Crippen LogP contribution in [0.3, 0.4) is 0 Å². The molecule has 0 spiro atoms. The van der Waals surface area contributed by atoms with Crippen LogP contribution >= 0.6 is 11.3 Å². The first-order chi connectivity index (χ1) is 11.5. The third-order valence-corrected chi connectivity index (χ3v) is 4.62. The first-order valence-corrected chi connectivity index (χ1v) is 8.01. The monoisotopic (exact) mass is 353 g/mol. The van der Waals surface area contributed by atoms with Crippen LogP contribution in [0.1, 0.15) is 22.1 Å². The summed E-state index contributed by atoms with van der Waals surface area (Å²) in [6.45, 7) is 2.35. The summed E-state index contributed by atoms with van der Waals surface area (Å²) < 4.78 is 40.0. The second kappa shape index (κ2) is 6.70. The van der Waals surface area contributed by atoms with Gasteiger partial charge in [0.1, 0.15) is 5.82 Å². The third-order valence-electron chi connectivity index (χ3n) is 3.41. The summed E-state index contributed by atoms with van der Waals surface area (Å²) in [5, 5.41) is 7.68. The zero-order valence-electron chi connectivity index (χ0n) is 12.7. The number of hydrogen-bond donors (Lipinski definition) is 2. The number of benzene rings is 1. The van der Waals surface area contributed by atoms with E-state index >= 15 is 0 Å². The fraction of sp³-hybridized carbons (Fsp3) is 0.267. The Hall–Kier alpha value is -2.26. The zero-order valence-corrected chi connectivity index (χ0v) is 13.6. The van der Waals surface area contributed by atoms with Crippen molar-refractivity contribution in [2.45, 2.75) is 19.8 Å². The number of rotatable bonds is 5. The van der Waals surface area contributed by atoms with E-state index in [0.717, 1.165) is 21.6 Å². The van der Waals surface area contributed by atoms with Crippen LogP contribution in [-0.4, -0.2) is 26.7 Å². The number of nitrogens with zero attached hydrogens (tertiary/aromatic N) is 3. The molecule has 2 heterocycles. The van der Waals surface area contributed by atoms with E-state index in [1.165, 1.54) is 17.4 Å². The summed E-state index contributed by atoms with van der Waals surface area (Å²) in [6.07, 6.45) is 0.645. The summed E-state index contributed by atoms with van der Waals surface area (Å²) in [5.41, 5.74) is 6.31. The van der Waals surface area contributed by atoms with Gasteiger partial charge >= 0.3 is 0 Å². The SMILES string of the molecule is Cc1nc(CCN)sc1-c1n[nH]c(Cc2ccc(F)c(F)c2F)n1. The van der Waals surface area contributed by atoms with Crippen LogP contribution in [0.4, 0.5) is 13.2 Å². The van der Waals surface area contributed by atoms with E-state index in [-0.39, 0.29) is 12.0 Å². The van der Waals surface area contributed by atoms with Crippen molar-refractivity contribution < 1.29 is 13.2 Å². The molecule has 0 saturated carbocycles. The molecule has 0 amide bonds. The minimum absolute atomic E-state index is 0.00134. The summed E-state index contributed by atoms with van der Waals surface area (Å²) in [5.74, 6) is -3.14. The molecule has 0 fully saturated rings. The van der Waals surface area contributed by atoms with E-state index in [1.54, 1.807) is 0 Å². The smallest absolute Gasteiger partial charge is 0.194 e. The van der Waals surface area contributed by atoms with Gasteiger partial charge in [-0.2, -0.15) is 5.10 Å². The number of aromatic amines is 1. The molecular weight excluding hydrogens is 339 g/mol. The maximum Gasteiger partial charge on any atom is 0.194 e. The molecule has 0 aliphatic rings. The molecule has 0 bridgehead atoms. The highest BCUT2D eigenvalue weighted by Crippen LogP contribution is 2.28. The number of nitrogens with one attached hydrogen (secondary N) is 1. The van der Waals surface area contributed by atoms with Gasteiger partial charge in [-0.05, 0) is 25.1 Å². The molecule has 0 aliphatic carbocycles. The highest BCUT2D eigenvalue weighted by atomic mass is 32.1. The quantitative estimate of drug-likeness (QED) is 0.691. The average Bonchev–Trinajstić information content (AvgIpc) is 3.15. The summed E-state index contributed by atoms with van der Waals surface area (Å²) >= 11 is 1.44. The van der Waals surface area contributed by atoms with Crippen LogP contribution in [0.2, 0.25) is 0 Å². The van der Waals surface area contributed by atoms with Crippen LogP contribution in [0.5, 0.6) is 0 Å². The van der Waals surface area contributed by atoms with Crippen LogP contribution in [0.15, 0.2) is 12.1 Å². The number of thiazole rings is 1. The van der Waals surface area contributed by atoms with Crippen molar-refractivity contribution in [3.05, 3.63) is 51.7 Å². The predicted molar refractivity (Wildman–Crippen MR) is 84.1 cm³/mol. The van der Waals surface area contributed by atoms with Crippen LogP contribution in [0.25, 0.3) is 10.7 Å². The maximum absolute atomic E-state index is 13.7. The molecule has 0 atom stereocenters. The molecule has 3 rings (SSSR count). The average molecular weight is 353 g/mol. The second-order valence-corrected chi connectivity index (χ2v) is 6.26. The van der Waals surface area contributed by atoms with Crippen molar-refractivity contribution in [1.82, 2.24) is 20.2 Å². The predicted octanol–water partition coefficient (Wildman–Crippen LogP) is 2.75. The molecule has 5 nitrogen and oxygen atoms in total. The summed E-state index contributed by atoms with van der Waals surface area (Å²) in [6, 6.07) is 2.07. The van der Waals surface area contributed by atoms with Crippen LogP contribution in [0, 0.1) is 24.4 Å². The van der Waals surface area contributed by atoms with E-state index in [4.69, 9.17) is 5.73 Å². The van der Waals surface area contributed by atoms with Gasteiger partial charge in [-0.3, -0.25) is 5.10 Å². The molecule has 2 aromatic heterocycles. The molecule has 0 aliphatic heterocycles.